The molecule has 0 bridgehead atoms. The number of nitrogens with one attached hydrogen (secondary N) is 1. The van der Waals surface area contributed by atoms with Crippen molar-refractivity contribution in [3.63, 3.8) is 0 Å². The summed E-state index contributed by atoms with van der Waals surface area (Å²) in [7, 11) is -1.50. The molecule has 0 saturated carbocycles. The number of nitroso groups, excluding NO2 is 1. The molecule has 1 aliphatic heterocycles. The van der Waals surface area contributed by atoms with Crippen molar-refractivity contribution in [2.45, 2.75) is 29.2 Å². The van der Waals surface area contributed by atoms with Gasteiger partial charge in [0, 0.05) is 10.4 Å². The molecule has 1 heterocycles. The first-order chi connectivity index (χ1) is 9.90. The van der Waals surface area contributed by atoms with E-state index >= 15 is 0 Å². The molecule has 11 heteroatoms. The SMILES string of the molecule is CC(CC(C(=O)N=O)S(=O)(=O)ON)SSC1C=CC=CN1. The largest absolute Gasteiger partial charge is 0.375 e. The molecule has 8 nitrogen and oxygen atoms in total. The van der Waals surface area contributed by atoms with Gasteiger partial charge in [-0.1, -0.05) is 40.7 Å². The number of hydrogen-bond acceptors (Lipinski definition) is 9. The van der Waals surface area contributed by atoms with Crippen LogP contribution in [0.2, 0.25) is 0 Å². The Hall–Kier alpha value is -0.880. The molecular weight excluding hydrogens is 338 g/mol. The third-order valence-corrected chi connectivity index (χ3v) is 6.90. The molecule has 3 atom stereocenters. The Kier molecular flexibility index (Phi) is 7.39. The highest BCUT2D eigenvalue weighted by atomic mass is 33.1. The fourth-order valence-electron chi connectivity index (χ4n) is 1.45. The maximum absolute atomic E-state index is 11.5. The van der Waals surface area contributed by atoms with Crippen molar-refractivity contribution in [1.82, 2.24) is 5.32 Å². The first-order valence-electron chi connectivity index (χ1n) is 5.81. The van der Waals surface area contributed by atoms with Gasteiger partial charge in [0.05, 0.1) is 0 Å². The second-order valence-electron chi connectivity index (χ2n) is 4.08. The van der Waals surface area contributed by atoms with Crippen molar-refractivity contribution in [1.29, 1.82) is 0 Å². The van der Waals surface area contributed by atoms with Crippen LogP contribution in [0.4, 0.5) is 0 Å². The molecule has 0 aromatic carbocycles. The van der Waals surface area contributed by atoms with Gasteiger partial charge < -0.3 is 5.32 Å². The van der Waals surface area contributed by atoms with Gasteiger partial charge in [-0.3, -0.25) is 4.79 Å². The summed E-state index contributed by atoms with van der Waals surface area (Å²) in [6.45, 7) is 1.73. The zero-order valence-electron chi connectivity index (χ0n) is 11.0. The standard InChI is InChI=1S/C10H15N3O5S3/c1-7(19-20-9-4-2-3-5-12-9)6-8(10(14)13-15)21(16,17)18-11/h2-5,7-9,12H,6,11H2,1H3. The summed E-state index contributed by atoms with van der Waals surface area (Å²) in [6.07, 6.45) is 7.33. The van der Waals surface area contributed by atoms with E-state index in [-0.39, 0.29) is 17.0 Å². The Morgan fingerprint density at radius 1 is 1.52 bits per heavy atom. The molecule has 1 aliphatic rings. The lowest BCUT2D eigenvalue weighted by atomic mass is 10.2. The van der Waals surface area contributed by atoms with Crippen LogP contribution in [0.1, 0.15) is 13.3 Å². The molecule has 3 N–H and O–H groups in total. The van der Waals surface area contributed by atoms with Crippen LogP contribution >= 0.6 is 21.6 Å². The van der Waals surface area contributed by atoms with E-state index < -0.39 is 21.3 Å². The molecule has 0 aliphatic carbocycles. The molecule has 1 amide bonds. The van der Waals surface area contributed by atoms with Gasteiger partial charge >= 0.3 is 5.91 Å². The summed E-state index contributed by atoms with van der Waals surface area (Å²) in [5.74, 6) is 3.33. The second-order valence-corrected chi connectivity index (χ2v) is 8.68. The molecular formula is C10H15N3O5S3. The summed E-state index contributed by atoms with van der Waals surface area (Å²) in [5.41, 5.74) is 0. The molecule has 0 saturated heterocycles. The minimum atomic E-state index is -4.34. The number of hydrogen-bond donors (Lipinski definition) is 2. The van der Waals surface area contributed by atoms with Gasteiger partial charge in [0.15, 0.2) is 5.25 Å². The third kappa shape index (κ3) is 5.79. The molecule has 1 rings (SSSR count). The van der Waals surface area contributed by atoms with Crippen molar-refractivity contribution in [2.24, 2.45) is 11.1 Å². The maximum Gasteiger partial charge on any atom is 0.306 e. The quantitative estimate of drug-likeness (QED) is 0.373. The van der Waals surface area contributed by atoms with E-state index in [0.29, 0.717) is 0 Å². The zero-order valence-corrected chi connectivity index (χ0v) is 13.5. The topological polar surface area (TPSA) is 128 Å². The van der Waals surface area contributed by atoms with E-state index in [1.54, 1.807) is 13.1 Å². The molecule has 0 aromatic heterocycles. The summed E-state index contributed by atoms with van der Waals surface area (Å²) in [6, 6.07) is 0. The Labute approximate surface area is 130 Å². The van der Waals surface area contributed by atoms with E-state index in [2.05, 4.69) is 20.7 Å². The fourth-order valence-corrected chi connectivity index (χ4v) is 4.91. The van der Waals surface area contributed by atoms with Crippen LogP contribution in [-0.4, -0.2) is 30.2 Å². The van der Waals surface area contributed by atoms with E-state index in [1.165, 1.54) is 21.6 Å². The number of nitrogens with two attached hydrogens (primary N) is 1. The predicted octanol–water partition coefficient (Wildman–Crippen LogP) is 1.03. The summed E-state index contributed by atoms with van der Waals surface area (Å²) in [5, 5.41) is 3.36. The zero-order chi connectivity index (χ0) is 15.9. The predicted molar refractivity (Wildman–Crippen MR) is 83.2 cm³/mol. The van der Waals surface area contributed by atoms with Crippen LogP contribution in [0, 0.1) is 4.91 Å². The van der Waals surface area contributed by atoms with Crippen molar-refractivity contribution >= 4 is 37.6 Å². The Bertz CT molecular complexity index is 534. The Morgan fingerprint density at radius 3 is 2.76 bits per heavy atom. The van der Waals surface area contributed by atoms with Gasteiger partial charge in [0.2, 0.25) is 0 Å². The fraction of sp³-hybridized carbons (Fsp3) is 0.500. The lowest BCUT2D eigenvalue weighted by Crippen LogP contribution is -2.34. The average molecular weight is 353 g/mol. The lowest BCUT2D eigenvalue weighted by Gasteiger charge is -2.19. The van der Waals surface area contributed by atoms with E-state index in [9.17, 15) is 18.1 Å². The second kappa shape index (κ2) is 8.54. The minimum absolute atomic E-state index is 0.0446. The van der Waals surface area contributed by atoms with Crippen LogP contribution in [0.25, 0.3) is 0 Å². The molecule has 0 spiro atoms. The normalized spacial score (nSPS) is 20.6. The first kappa shape index (κ1) is 18.2. The van der Waals surface area contributed by atoms with Crippen LogP contribution in [0.15, 0.2) is 29.6 Å². The Morgan fingerprint density at radius 2 is 2.24 bits per heavy atom. The number of carbonyl (C=O) groups excluding carboxylic acids is 1. The summed E-state index contributed by atoms with van der Waals surface area (Å²) in [4.78, 5) is 21.6. The van der Waals surface area contributed by atoms with Gasteiger partial charge in [0.25, 0.3) is 10.1 Å². The van der Waals surface area contributed by atoms with Crippen LogP contribution in [0.5, 0.6) is 0 Å². The van der Waals surface area contributed by atoms with Gasteiger partial charge in [-0.25, -0.2) is 0 Å². The number of nitrogens with zero attached hydrogens (tertiary/aromatic N) is 1. The third-order valence-electron chi connectivity index (χ3n) is 2.47. The van der Waals surface area contributed by atoms with Gasteiger partial charge in [0.1, 0.15) is 5.37 Å². The van der Waals surface area contributed by atoms with Gasteiger partial charge in [-0.2, -0.15) is 18.6 Å². The highest BCUT2D eigenvalue weighted by Crippen LogP contribution is 2.34. The monoisotopic (exact) mass is 353 g/mol. The van der Waals surface area contributed by atoms with Crippen molar-refractivity contribution < 1.29 is 17.5 Å². The maximum atomic E-state index is 11.5. The Balaban J connectivity index is 2.58. The lowest BCUT2D eigenvalue weighted by molar-refractivity contribution is -0.117. The summed E-state index contributed by atoms with van der Waals surface area (Å²) >= 11 is 0. The number of rotatable bonds is 8. The average Bonchev–Trinajstić information content (AvgIpc) is 2.50. The van der Waals surface area contributed by atoms with Gasteiger partial charge in [-0.05, 0) is 18.7 Å². The molecule has 0 fully saturated rings. The van der Waals surface area contributed by atoms with E-state index in [0.717, 1.165) is 0 Å². The van der Waals surface area contributed by atoms with Crippen molar-refractivity contribution in [3.05, 3.63) is 29.3 Å². The van der Waals surface area contributed by atoms with Crippen LogP contribution in [-0.2, 0) is 19.2 Å². The van der Waals surface area contributed by atoms with Crippen molar-refractivity contribution in [3.8, 4) is 0 Å². The number of dihydropyridines is 1. The highest BCUT2D eigenvalue weighted by molar-refractivity contribution is 8.77. The molecule has 3 unspecified atom stereocenters. The molecule has 21 heavy (non-hydrogen) atoms. The van der Waals surface area contributed by atoms with E-state index in [4.69, 9.17) is 0 Å². The first-order valence-corrected chi connectivity index (χ1v) is 9.56. The van der Waals surface area contributed by atoms with Gasteiger partial charge in [-0.15, -0.1) is 4.91 Å². The summed E-state index contributed by atoms with van der Waals surface area (Å²) < 4.78 is 26.9. The molecule has 118 valence electrons. The molecule has 0 radical (unpaired) electrons. The van der Waals surface area contributed by atoms with Crippen LogP contribution < -0.4 is 11.2 Å². The number of carbonyl (C=O) groups is 1. The van der Waals surface area contributed by atoms with E-state index in [1.807, 2.05) is 18.2 Å². The minimum Gasteiger partial charge on any atom is -0.375 e. The van der Waals surface area contributed by atoms with Crippen LogP contribution in [0.3, 0.4) is 0 Å². The highest BCUT2D eigenvalue weighted by Gasteiger charge is 2.36. The number of amides is 1. The smallest absolute Gasteiger partial charge is 0.306 e. The van der Waals surface area contributed by atoms with Crippen molar-refractivity contribution in [2.75, 3.05) is 0 Å². The molecule has 0 aromatic rings. The number of allylic oxidation sites excluding steroid dienone is 2.